The molecule has 0 bridgehead atoms. The molecule has 112 valence electrons. The Bertz CT molecular complexity index is 423. The molecular formula is C14H25N5O. The van der Waals surface area contributed by atoms with E-state index in [1.807, 2.05) is 11.9 Å². The molecule has 0 spiro atoms. The molecule has 0 aromatic carbocycles. The summed E-state index contributed by atoms with van der Waals surface area (Å²) in [7, 11) is 1.98. The van der Waals surface area contributed by atoms with E-state index in [9.17, 15) is 4.79 Å². The van der Waals surface area contributed by atoms with Gasteiger partial charge in [-0.05, 0) is 45.2 Å². The smallest absolute Gasteiger partial charge is 0.293 e. The minimum Gasteiger partial charge on any atom is -0.336 e. The number of H-pyrrole nitrogens is 1. The van der Waals surface area contributed by atoms with E-state index in [-0.39, 0.29) is 5.91 Å². The molecule has 0 saturated carbocycles. The van der Waals surface area contributed by atoms with E-state index in [1.165, 1.54) is 6.42 Å². The number of hydrogen-bond donors (Lipinski definition) is 2. The van der Waals surface area contributed by atoms with E-state index in [2.05, 4.69) is 27.4 Å². The Morgan fingerprint density at radius 1 is 1.45 bits per heavy atom. The van der Waals surface area contributed by atoms with Gasteiger partial charge in [0, 0.05) is 19.5 Å². The second-order valence-electron chi connectivity index (χ2n) is 5.48. The van der Waals surface area contributed by atoms with E-state index in [0.717, 1.165) is 57.1 Å². The van der Waals surface area contributed by atoms with Crippen molar-refractivity contribution in [2.45, 2.75) is 39.0 Å². The van der Waals surface area contributed by atoms with E-state index in [4.69, 9.17) is 0 Å². The Hall–Kier alpha value is -1.43. The van der Waals surface area contributed by atoms with Gasteiger partial charge in [0.05, 0.1) is 0 Å². The summed E-state index contributed by atoms with van der Waals surface area (Å²) in [6.45, 7) is 4.79. The highest BCUT2D eigenvalue weighted by molar-refractivity contribution is 5.90. The van der Waals surface area contributed by atoms with Crippen LogP contribution in [0.4, 0.5) is 0 Å². The van der Waals surface area contributed by atoms with Gasteiger partial charge in [-0.1, -0.05) is 6.92 Å². The van der Waals surface area contributed by atoms with E-state index in [1.54, 1.807) is 0 Å². The second kappa shape index (κ2) is 7.38. The first-order valence-corrected chi connectivity index (χ1v) is 7.59. The van der Waals surface area contributed by atoms with Crippen LogP contribution in [0.25, 0.3) is 0 Å². The Morgan fingerprint density at radius 2 is 2.20 bits per heavy atom. The largest absolute Gasteiger partial charge is 0.336 e. The lowest BCUT2D eigenvalue weighted by Crippen LogP contribution is -2.39. The minimum atomic E-state index is -0.0318. The van der Waals surface area contributed by atoms with Crippen molar-refractivity contribution in [3.05, 3.63) is 11.6 Å². The molecule has 1 aliphatic heterocycles. The highest BCUT2D eigenvalue weighted by Crippen LogP contribution is 2.20. The van der Waals surface area contributed by atoms with E-state index in [0.29, 0.717) is 5.82 Å². The van der Waals surface area contributed by atoms with E-state index >= 15 is 0 Å². The van der Waals surface area contributed by atoms with Crippen molar-refractivity contribution in [2.24, 2.45) is 5.92 Å². The lowest BCUT2D eigenvalue weighted by Gasteiger charge is -2.31. The molecule has 2 N–H and O–H groups in total. The van der Waals surface area contributed by atoms with Crippen molar-refractivity contribution in [1.29, 1.82) is 0 Å². The van der Waals surface area contributed by atoms with Crippen molar-refractivity contribution >= 4 is 5.91 Å². The fraction of sp³-hybridized carbons (Fsp3) is 0.786. The normalized spacial score (nSPS) is 16.6. The van der Waals surface area contributed by atoms with Crippen LogP contribution in [0.2, 0.25) is 0 Å². The first kappa shape index (κ1) is 15.0. The summed E-state index contributed by atoms with van der Waals surface area (Å²) in [6, 6.07) is 0. The number of aryl methyl sites for hydroxylation is 1. The van der Waals surface area contributed by atoms with Crippen LogP contribution in [-0.4, -0.2) is 52.7 Å². The van der Waals surface area contributed by atoms with Gasteiger partial charge in [-0.15, -0.1) is 5.10 Å². The molecule has 1 fully saturated rings. The van der Waals surface area contributed by atoms with Gasteiger partial charge in [-0.2, -0.15) is 0 Å². The maximum atomic E-state index is 12.3. The highest BCUT2D eigenvalue weighted by atomic mass is 16.2. The van der Waals surface area contributed by atoms with Gasteiger partial charge in [0.25, 0.3) is 5.91 Å². The van der Waals surface area contributed by atoms with Crippen molar-refractivity contribution in [1.82, 2.24) is 25.4 Å². The molecule has 2 rings (SSSR count). The van der Waals surface area contributed by atoms with Crippen LogP contribution in [-0.2, 0) is 6.42 Å². The number of nitrogens with zero attached hydrogens (tertiary/aromatic N) is 3. The molecule has 0 unspecified atom stereocenters. The number of aromatic amines is 1. The number of nitrogens with one attached hydrogen (secondary N) is 2. The van der Waals surface area contributed by atoms with Gasteiger partial charge in [-0.3, -0.25) is 9.89 Å². The first-order chi connectivity index (χ1) is 9.74. The Labute approximate surface area is 120 Å². The number of carbonyl (C=O) groups is 1. The van der Waals surface area contributed by atoms with Crippen LogP contribution in [0.1, 0.15) is 49.1 Å². The van der Waals surface area contributed by atoms with E-state index < -0.39 is 0 Å². The maximum Gasteiger partial charge on any atom is 0.293 e. The highest BCUT2D eigenvalue weighted by Gasteiger charge is 2.25. The predicted molar refractivity (Wildman–Crippen MR) is 77.5 cm³/mol. The predicted octanol–water partition coefficient (Wildman–Crippen LogP) is 1.22. The lowest BCUT2D eigenvalue weighted by atomic mass is 9.93. The van der Waals surface area contributed by atoms with Gasteiger partial charge >= 0.3 is 0 Å². The quantitative estimate of drug-likeness (QED) is 0.821. The van der Waals surface area contributed by atoms with Gasteiger partial charge < -0.3 is 10.2 Å². The average Bonchev–Trinajstić information content (AvgIpc) is 2.94. The molecule has 1 aromatic heterocycles. The van der Waals surface area contributed by atoms with Crippen molar-refractivity contribution in [2.75, 3.05) is 26.7 Å². The molecule has 1 saturated heterocycles. The molecule has 20 heavy (non-hydrogen) atoms. The van der Waals surface area contributed by atoms with Crippen LogP contribution in [0.3, 0.4) is 0 Å². The van der Waals surface area contributed by atoms with Gasteiger partial charge in [0.1, 0.15) is 5.82 Å². The fourth-order valence-corrected chi connectivity index (χ4v) is 2.65. The van der Waals surface area contributed by atoms with Crippen LogP contribution in [0.5, 0.6) is 0 Å². The average molecular weight is 279 g/mol. The maximum absolute atomic E-state index is 12.3. The van der Waals surface area contributed by atoms with Crippen LogP contribution in [0.15, 0.2) is 0 Å². The zero-order valence-corrected chi connectivity index (χ0v) is 12.5. The summed E-state index contributed by atoms with van der Waals surface area (Å²) in [5.41, 5.74) is 0. The summed E-state index contributed by atoms with van der Waals surface area (Å²) in [4.78, 5) is 18.5. The molecule has 6 heteroatoms. The number of hydrogen-bond acceptors (Lipinski definition) is 4. The van der Waals surface area contributed by atoms with Crippen molar-refractivity contribution in [3.8, 4) is 0 Å². The number of piperidine rings is 1. The van der Waals surface area contributed by atoms with Crippen LogP contribution < -0.4 is 5.32 Å². The molecule has 0 aliphatic carbocycles. The molecule has 6 nitrogen and oxygen atoms in total. The fourth-order valence-electron chi connectivity index (χ4n) is 2.65. The third kappa shape index (κ3) is 3.79. The Balaban J connectivity index is 1.84. The summed E-state index contributed by atoms with van der Waals surface area (Å²) >= 11 is 0. The van der Waals surface area contributed by atoms with Crippen molar-refractivity contribution < 1.29 is 4.79 Å². The minimum absolute atomic E-state index is 0.0318. The molecule has 1 aromatic rings. The Morgan fingerprint density at radius 3 is 2.85 bits per heavy atom. The number of rotatable bonds is 6. The number of amides is 1. The van der Waals surface area contributed by atoms with Crippen LogP contribution in [0, 0.1) is 5.92 Å². The van der Waals surface area contributed by atoms with Gasteiger partial charge in [-0.25, -0.2) is 4.98 Å². The molecule has 0 atom stereocenters. The topological polar surface area (TPSA) is 73.9 Å². The zero-order chi connectivity index (χ0) is 14.4. The molecule has 1 amide bonds. The molecular weight excluding hydrogens is 254 g/mol. The van der Waals surface area contributed by atoms with Gasteiger partial charge in [0.2, 0.25) is 5.82 Å². The summed E-state index contributed by atoms with van der Waals surface area (Å²) in [5, 5.41) is 10.1. The first-order valence-electron chi connectivity index (χ1n) is 7.59. The Kier molecular flexibility index (Phi) is 5.52. The number of carbonyl (C=O) groups excluding carboxylic acids is 1. The molecule has 0 radical (unpaired) electrons. The summed E-state index contributed by atoms with van der Waals surface area (Å²) in [6.07, 6.45) is 5.20. The van der Waals surface area contributed by atoms with Crippen molar-refractivity contribution in [3.63, 3.8) is 0 Å². The standard InChI is InChI=1S/C14H25N5O/c1-3-4-12-16-13(18-17-12)14(20)19-9-6-11(7-10-19)5-8-15-2/h11,15H,3-10H2,1-2H3,(H,16,17,18). The monoisotopic (exact) mass is 279 g/mol. The second-order valence-corrected chi connectivity index (χ2v) is 5.48. The zero-order valence-electron chi connectivity index (χ0n) is 12.5. The third-order valence-corrected chi connectivity index (χ3v) is 3.91. The summed E-state index contributed by atoms with van der Waals surface area (Å²) in [5.74, 6) is 1.83. The van der Waals surface area contributed by atoms with Crippen LogP contribution >= 0.6 is 0 Å². The number of likely N-dealkylation sites (tertiary alicyclic amines) is 1. The number of aromatic nitrogens is 3. The molecule has 2 heterocycles. The summed E-state index contributed by atoms with van der Waals surface area (Å²) < 4.78 is 0. The lowest BCUT2D eigenvalue weighted by molar-refractivity contribution is 0.0675. The SMILES string of the molecule is CCCc1nc(C(=O)N2CCC(CCNC)CC2)n[nH]1. The molecule has 1 aliphatic rings. The third-order valence-electron chi connectivity index (χ3n) is 3.91. The van der Waals surface area contributed by atoms with Gasteiger partial charge in [0.15, 0.2) is 0 Å².